The molecule has 0 aliphatic carbocycles. The van der Waals surface area contributed by atoms with Crippen molar-refractivity contribution in [2.24, 2.45) is 0 Å². The van der Waals surface area contributed by atoms with Crippen LogP contribution in [0.1, 0.15) is 26.3 Å². The van der Waals surface area contributed by atoms with Crippen molar-refractivity contribution >= 4 is 27.7 Å². The third kappa shape index (κ3) is 9.72. The molecule has 1 N–H and O–H groups in total. The largest absolute Gasteiger partial charge is 0.484 e. The lowest BCUT2D eigenvalue weighted by Gasteiger charge is -2.17. The minimum absolute atomic E-state index is 0.0389. The van der Waals surface area contributed by atoms with Crippen LogP contribution in [-0.2, 0) is 21.4 Å². The van der Waals surface area contributed by atoms with E-state index in [1.165, 1.54) is 17.6 Å². The number of carbonyl (C=O) groups excluding carboxylic acids is 1. The Balaban J connectivity index is 2.35. The molecule has 0 spiro atoms. The molecule has 0 heterocycles. The van der Waals surface area contributed by atoms with E-state index in [2.05, 4.69) is 26.1 Å². The number of ether oxygens (including phenoxy) is 1. The van der Waals surface area contributed by atoms with E-state index in [0.29, 0.717) is 18.8 Å². The van der Waals surface area contributed by atoms with Crippen LogP contribution in [0, 0.1) is 0 Å². The van der Waals surface area contributed by atoms with E-state index >= 15 is 0 Å². The van der Waals surface area contributed by atoms with Crippen molar-refractivity contribution in [2.75, 3.05) is 32.2 Å². The zero-order valence-electron chi connectivity index (χ0n) is 15.5. The van der Waals surface area contributed by atoms with Crippen molar-refractivity contribution in [3.63, 3.8) is 0 Å². The molecule has 0 unspecified atom stereocenters. The van der Waals surface area contributed by atoms with Crippen molar-refractivity contribution < 1.29 is 17.9 Å². The number of nitrogens with zero attached hydrogens (tertiary/aromatic N) is 1. The second-order valence-electron chi connectivity index (χ2n) is 6.76. The Morgan fingerprint density at radius 2 is 1.84 bits per heavy atom. The fourth-order valence-electron chi connectivity index (χ4n) is 1.81. The molecule has 1 rings (SSSR count). The van der Waals surface area contributed by atoms with Crippen molar-refractivity contribution in [1.82, 2.24) is 9.62 Å². The quantitative estimate of drug-likeness (QED) is 0.656. The Kier molecular flexibility index (Phi) is 8.24. The van der Waals surface area contributed by atoms with Gasteiger partial charge in [-0.25, -0.2) is 12.7 Å². The molecule has 25 heavy (non-hydrogen) atoms. The third-order valence-electron chi connectivity index (χ3n) is 3.22. The fourth-order valence-corrected chi connectivity index (χ4v) is 3.01. The average molecular weight is 389 g/mol. The molecule has 0 aliphatic heterocycles. The molecule has 0 saturated heterocycles. The summed E-state index contributed by atoms with van der Waals surface area (Å²) in [5.41, 5.74) is 0.851. The number of thioether (sulfide) groups is 1. The Bertz CT molecular complexity index is 652. The second-order valence-corrected chi connectivity index (χ2v) is 10.8. The highest BCUT2D eigenvalue weighted by Crippen LogP contribution is 2.22. The van der Waals surface area contributed by atoms with Crippen LogP contribution in [-0.4, -0.2) is 55.6 Å². The third-order valence-corrected chi connectivity index (χ3v) is 5.76. The van der Waals surface area contributed by atoms with Gasteiger partial charge in [0.1, 0.15) is 5.75 Å². The van der Waals surface area contributed by atoms with Crippen LogP contribution in [0.25, 0.3) is 0 Å². The molecule has 0 aliphatic rings. The number of hydrogen-bond donors (Lipinski definition) is 1. The molecule has 1 amide bonds. The van der Waals surface area contributed by atoms with Crippen LogP contribution in [0.3, 0.4) is 0 Å². The van der Waals surface area contributed by atoms with Gasteiger partial charge in [-0.2, -0.15) is 11.8 Å². The van der Waals surface area contributed by atoms with Crippen LogP contribution in [0.4, 0.5) is 0 Å². The molecule has 0 bridgehead atoms. The Hall–Kier alpha value is -1.25. The van der Waals surface area contributed by atoms with E-state index in [9.17, 15) is 13.2 Å². The number of amides is 1. The normalized spacial score (nSPS) is 12.2. The van der Waals surface area contributed by atoms with Gasteiger partial charge in [0.15, 0.2) is 6.61 Å². The van der Waals surface area contributed by atoms with Gasteiger partial charge in [0, 0.05) is 30.6 Å². The SMILES string of the molecule is CN(Cc1ccc(OCC(=O)NCCSC(C)(C)C)cc1)S(C)(=O)=O. The lowest BCUT2D eigenvalue weighted by Crippen LogP contribution is -2.31. The summed E-state index contributed by atoms with van der Waals surface area (Å²) >= 11 is 1.80. The Morgan fingerprint density at radius 3 is 2.36 bits per heavy atom. The summed E-state index contributed by atoms with van der Waals surface area (Å²) in [4.78, 5) is 11.7. The minimum atomic E-state index is -3.21. The van der Waals surface area contributed by atoms with E-state index in [0.717, 1.165) is 11.3 Å². The maximum absolute atomic E-state index is 11.7. The van der Waals surface area contributed by atoms with Crippen LogP contribution >= 0.6 is 11.8 Å². The van der Waals surface area contributed by atoms with Crippen LogP contribution in [0.15, 0.2) is 24.3 Å². The van der Waals surface area contributed by atoms with Crippen molar-refractivity contribution in [1.29, 1.82) is 0 Å². The van der Waals surface area contributed by atoms with E-state index in [-0.39, 0.29) is 17.3 Å². The van der Waals surface area contributed by atoms with Gasteiger partial charge < -0.3 is 10.1 Å². The van der Waals surface area contributed by atoms with Crippen molar-refractivity contribution in [3.8, 4) is 5.75 Å². The summed E-state index contributed by atoms with van der Waals surface area (Å²) in [5.74, 6) is 1.28. The molecule has 0 atom stereocenters. The number of nitrogens with one attached hydrogen (secondary N) is 1. The highest BCUT2D eigenvalue weighted by molar-refractivity contribution is 8.00. The van der Waals surface area contributed by atoms with E-state index in [1.54, 1.807) is 36.0 Å². The van der Waals surface area contributed by atoms with Crippen LogP contribution in [0.5, 0.6) is 5.75 Å². The smallest absolute Gasteiger partial charge is 0.257 e. The summed E-state index contributed by atoms with van der Waals surface area (Å²) < 4.78 is 29.7. The predicted octanol–water partition coefficient (Wildman–Crippen LogP) is 2.10. The lowest BCUT2D eigenvalue weighted by molar-refractivity contribution is -0.122. The molecule has 1 aromatic carbocycles. The van der Waals surface area contributed by atoms with E-state index < -0.39 is 10.0 Å². The lowest BCUT2D eigenvalue weighted by atomic mass is 10.2. The molecule has 142 valence electrons. The Morgan fingerprint density at radius 1 is 1.24 bits per heavy atom. The van der Waals surface area contributed by atoms with Crippen molar-refractivity contribution in [3.05, 3.63) is 29.8 Å². The van der Waals surface area contributed by atoms with E-state index in [1.807, 2.05) is 0 Å². The first kappa shape index (κ1) is 21.8. The van der Waals surface area contributed by atoms with Gasteiger partial charge in [0.05, 0.1) is 6.26 Å². The standard InChI is InChI=1S/C17H28N2O4S2/c1-17(2,3)24-11-10-18-16(20)13-23-15-8-6-14(7-9-15)12-19(4)25(5,21)22/h6-9H,10-13H2,1-5H3,(H,18,20). The number of carbonyl (C=O) groups is 1. The van der Waals surface area contributed by atoms with E-state index in [4.69, 9.17) is 4.74 Å². The molecule has 0 fully saturated rings. The molecule has 0 radical (unpaired) electrons. The monoisotopic (exact) mass is 388 g/mol. The number of hydrogen-bond acceptors (Lipinski definition) is 5. The summed E-state index contributed by atoms with van der Waals surface area (Å²) in [5, 5.41) is 2.82. The number of rotatable bonds is 9. The number of sulfonamides is 1. The van der Waals surface area contributed by atoms with Crippen molar-refractivity contribution in [2.45, 2.75) is 32.1 Å². The second kappa shape index (κ2) is 9.45. The van der Waals surface area contributed by atoms with Gasteiger partial charge in [-0.3, -0.25) is 4.79 Å². The first-order valence-electron chi connectivity index (χ1n) is 8.01. The topological polar surface area (TPSA) is 75.7 Å². The highest BCUT2D eigenvalue weighted by Gasteiger charge is 2.12. The average Bonchev–Trinajstić information content (AvgIpc) is 2.49. The summed E-state index contributed by atoms with van der Waals surface area (Å²) in [6, 6.07) is 7.03. The highest BCUT2D eigenvalue weighted by atomic mass is 32.2. The van der Waals surface area contributed by atoms with Gasteiger partial charge >= 0.3 is 0 Å². The summed E-state index contributed by atoms with van der Waals surface area (Å²) in [6.45, 7) is 7.29. The maximum atomic E-state index is 11.7. The zero-order valence-corrected chi connectivity index (χ0v) is 17.2. The van der Waals surface area contributed by atoms with Gasteiger partial charge in [0.25, 0.3) is 5.91 Å². The van der Waals surface area contributed by atoms with Gasteiger partial charge in [-0.1, -0.05) is 32.9 Å². The number of benzene rings is 1. The molecule has 8 heteroatoms. The summed E-state index contributed by atoms with van der Waals surface area (Å²) in [6.07, 6.45) is 1.17. The molecule has 1 aromatic rings. The minimum Gasteiger partial charge on any atom is -0.484 e. The van der Waals surface area contributed by atoms with Gasteiger partial charge in [-0.05, 0) is 17.7 Å². The Labute approximate surface area is 155 Å². The summed E-state index contributed by atoms with van der Waals surface area (Å²) in [7, 11) is -1.68. The van der Waals surface area contributed by atoms with Crippen LogP contribution < -0.4 is 10.1 Å². The maximum Gasteiger partial charge on any atom is 0.257 e. The molecule has 0 saturated carbocycles. The molecular formula is C17H28N2O4S2. The van der Waals surface area contributed by atoms with Gasteiger partial charge in [-0.15, -0.1) is 0 Å². The molecule has 6 nitrogen and oxygen atoms in total. The predicted molar refractivity (Wildman–Crippen MR) is 103 cm³/mol. The fraction of sp³-hybridized carbons (Fsp3) is 0.588. The first-order chi connectivity index (χ1) is 11.5. The first-order valence-corrected chi connectivity index (χ1v) is 10.8. The van der Waals surface area contributed by atoms with Crippen LogP contribution in [0.2, 0.25) is 0 Å². The molecule has 0 aromatic heterocycles. The molecular weight excluding hydrogens is 360 g/mol. The van der Waals surface area contributed by atoms with Gasteiger partial charge in [0.2, 0.25) is 10.0 Å². The zero-order chi connectivity index (χ0) is 19.1.